The molecule has 2 nitrogen and oxygen atoms in total. The molecule has 0 aliphatic heterocycles. The SMILES string of the molecule is C[C@@H](C(=O)O)c1ccc(-c2ccc(Cl)cc2)c(F)c1. The summed E-state index contributed by atoms with van der Waals surface area (Å²) in [4.78, 5) is 10.9. The topological polar surface area (TPSA) is 37.3 Å². The van der Waals surface area contributed by atoms with E-state index in [0.29, 0.717) is 21.7 Å². The van der Waals surface area contributed by atoms with Gasteiger partial charge in [-0.05, 0) is 36.2 Å². The maximum Gasteiger partial charge on any atom is 0.310 e. The van der Waals surface area contributed by atoms with Crippen molar-refractivity contribution in [3.63, 3.8) is 0 Å². The second-order valence-electron chi connectivity index (χ2n) is 4.31. The van der Waals surface area contributed by atoms with E-state index in [4.69, 9.17) is 16.7 Å². The van der Waals surface area contributed by atoms with E-state index >= 15 is 0 Å². The van der Waals surface area contributed by atoms with Gasteiger partial charge in [-0.15, -0.1) is 0 Å². The maximum absolute atomic E-state index is 14.0. The van der Waals surface area contributed by atoms with Gasteiger partial charge in [0.15, 0.2) is 0 Å². The van der Waals surface area contributed by atoms with Crippen molar-refractivity contribution in [1.29, 1.82) is 0 Å². The molecule has 1 N–H and O–H groups in total. The average molecular weight is 279 g/mol. The van der Waals surface area contributed by atoms with E-state index in [9.17, 15) is 9.18 Å². The summed E-state index contributed by atoms with van der Waals surface area (Å²) in [6.07, 6.45) is 0. The molecular formula is C15H12ClFO2. The van der Waals surface area contributed by atoms with Crippen LogP contribution in [0.2, 0.25) is 5.02 Å². The van der Waals surface area contributed by atoms with Gasteiger partial charge in [-0.3, -0.25) is 4.79 Å². The van der Waals surface area contributed by atoms with Gasteiger partial charge in [-0.1, -0.05) is 35.9 Å². The largest absolute Gasteiger partial charge is 0.481 e. The number of hydrogen-bond acceptors (Lipinski definition) is 1. The Morgan fingerprint density at radius 1 is 1.21 bits per heavy atom. The quantitative estimate of drug-likeness (QED) is 0.907. The molecule has 0 saturated carbocycles. The number of benzene rings is 2. The van der Waals surface area contributed by atoms with Gasteiger partial charge in [0.05, 0.1) is 5.92 Å². The molecule has 0 aliphatic carbocycles. The summed E-state index contributed by atoms with van der Waals surface area (Å²) >= 11 is 5.78. The monoisotopic (exact) mass is 278 g/mol. The van der Waals surface area contributed by atoms with Crippen molar-refractivity contribution in [3.05, 3.63) is 58.9 Å². The first-order chi connectivity index (χ1) is 8.99. The maximum atomic E-state index is 14.0. The smallest absolute Gasteiger partial charge is 0.310 e. The lowest BCUT2D eigenvalue weighted by molar-refractivity contribution is -0.138. The Morgan fingerprint density at radius 3 is 2.37 bits per heavy atom. The van der Waals surface area contributed by atoms with Crippen molar-refractivity contribution in [2.24, 2.45) is 0 Å². The summed E-state index contributed by atoms with van der Waals surface area (Å²) in [6.45, 7) is 1.53. The van der Waals surface area contributed by atoms with Gasteiger partial charge >= 0.3 is 5.97 Å². The lowest BCUT2D eigenvalue weighted by Crippen LogP contribution is -2.07. The van der Waals surface area contributed by atoms with Crippen molar-refractivity contribution in [1.82, 2.24) is 0 Å². The zero-order valence-corrected chi connectivity index (χ0v) is 11.0. The van der Waals surface area contributed by atoms with Crippen molar-refractivity contribution in [3.8, 4) is 11.1 Å². The fourth-order valence-electron chi connectivity index (χ4n) is 1.81. The van der Waals surface area contributed by atoms with Crippen molar-refractivity contribution < 1.29 is 14.3 Å². The molecule has 0 saturated heterocycles. The molecule has 19 heavy (non-hydrogen) atoms. The molecule has 1 atom stereocenters. The standard InChI is InChI=1S/C15H12ClFO2/c1-9(15(18)19)11-4-7-13(14(17)8-11)10-2-5-12(16)6-3-10/h2-9H,1H3,(H,18,19)/t9-/m1/s1. The Balaban J connectivity index is 2.39. The van der Waals surface area contributed by atoms with E-state index in [-0.39, 0.29) is 0 Å². The van der Waals surface area contributed by atoms with Crippen LogP contribution >= 0.6 is 11.6 Å². The number of rotatable bonds is 3. The molecule has 0 aliphatic rings. The lowest BCUT2D eigenvalue weighted by Gasteiger charge is -2.09. The summed E-state index contributed by atoms with van der Waals surface area (Å²) in [6, 6.07) is 11.3. The van der Waals surface area contributed by atoms with Crippen LogP contribution in [-0.4, -0.2) is 11.1 Å². The van der Waals surface area contributed by atoms with Gasteiger partial charge in [0.1, 0.15) is 5.82 Å². The van der Waals surface area contributed by atoms with Crippen molar-refractivity contribution in [2.75, 3.05) is 0 Å². The molecule has 0 aromatic heterocycles. The van der Waals surface area contributed by atoms with Crippen LogP contribution in [0, 0.1) is 5.82 Å². The van der Waals surface area contributed by atoms with Gasteiger partial charge in [-0.25, -0.2) is 4.39 Å². The Labute approximate surface area is 115 Å². The molecule has 4 heteroatoms. The van der Waals surface area contributed by atoms with Gasteiger partial charge in [0, 0.05) is 10.6 Å². The van der Waals surface area contributed by atoms with Crippen LogP contribution in [0.15, 0.2) is 42.5 Å². The first-order valence-corrected chi connectivity index (χ1v) is 6.15. The van der Waals surface area contributed by atoms with Crippen LogP contribution in [0.25, 0.3) is 11.1 Å². The second kappa shape index (κ2) is 5.41. The van der Waals surface area contributed by atoms with E-state index in [1.807, 2.05) is 0 Å². The zero-order chi connectivity index (χ0) is 14.0. The Kier molecular flexibility index (Phi) is 3.86. The highest BCUT2D eigenvalue weighted by Gasteiger charge is 2.15. The van der Waals surface area contributed by atoms with Crippen LogP contribution in [0.4, 0.5) is 4.39 Å². The van der Waals surface area contributed by atoms with Gasteiger partial charge < -0.3 is 5.11 Å². The van der Waals surface area contributed by atoms with Crippen molar-refractivity contribution in [2.45, 2.75) is 12.8 Å². The second-order valence-corrected chi connectivity index (χ2v) is 4.74. The zero-order valence-electron chi connectivity index (χ0n) is 10.2. The molecule has 0 amide bonds. The predicted octanol–water partition coefficient (Wildman–Crippen LogP) is 4.33. The highest BCUT2D eigenvalue weighted by molar-refractivity contribution is 6.30. The molecule has 0 heterocycles. The first kappa shape index (κ1) is 13.6. The normalized spacial score (nSPS) is 12.2. The Bertz CT molecular complexity index is 608. The molecule has 98 valence electrons. The average Bonchev–Trinajstić information content (AvgIpc) is 2.39. The highest BCUT2D eigenvalue weighted by Crippen LogP contribution is 2.27. The van der Waals surface area contributed by atoms with Crippen LogP contribution in [0.3, 0.4) is 0 Å². The first-order valence-electron chi connectivity index (χ1n) is 5.77. The molecule has 0 unspecified atom stereocenters. The minimum atomic E-state index is -0.973. The number of halogens is 2. The van der Waals surface area contributed by atoms with Gasteiger partial charge in [0.25, 0.3) is 0 Å². The third kappa shape index (κ3) is 2.93. The van der Waals surface area contributed by atoms with E-state index < -0.39 is 17.7 Å². The molecule has 0 bridgehead atoms. The van der Waals surface area contributed by atoms with E-state index in [2.05, 4.69) is 0 Å². The minimum absolute atomic E-state index is 0.429. The highest BCUT2D eigenvalue weighted by atomic mass is 35.5. The summed E-state index contributed by atoms with van der Waals surface area (Å²) < 4.78 is 14.0. The molecule has 2 rings (SSSR count). The number of carboxylic acid groups (broad SMARTS) is 1. The summed E-state index contributed by atoms with van der Waals surface area (Å²) in [5, 5.41) is 9.49. The van der Waals surface area contributed by atoms with Crippen LogP contribution in [-0.2, 0) is 4.79 Å². The number of hydrogen-bond donors (Lipinski definition) is 1. The number of carbonyl (C=O) groups is 1. The molecule has 2 aromatic carbocycles. The molecule has 0 fully saturated rings. The molecule has 0 spiro atoms. The Hall–Kier alpha value is -1.87. The Morgan fingerprint density at radius 2 is 1.84 bits per heavy atom. The van der Waals surface area contributed by atoms with Crippen molar-refractivity contribution >= 4 is 17.6 Å². The van der Waals surface area contributed by atoms with E-state index in [1.54, 1.807) is 36.4 Å². The minimum Gasteiger partial charge on any atom is -0.481 e. The molecule has 0 radical (unpaired) electrons. The van der Waals surface area contributed by atoms with Gasteiger partial charge in [-0.2, -0.15) is 0 Å². The van der Waals surface area contributed by atoms with Crippen LogP contribution in [0.1, 0.15) is 18.4 Å². The van der Waals surface area contributed by atoms with Gasteiger partial charge in [0.2, 0.25) is 0 Å². The van der Waals surface area contributed by atoms with Crippen LogP contribution < -0.4 is 0 Å². The lowest BCUT2D eigenvalue weighted by atomic mass is 9.97. The third-order valence-corrected chi connectivity index (χ3v) is 3.27. The van der Waals surface area contributed by atoms with Crippen LogP contribution in [0.5, 0.6) is 0 Å². The predicted molar refractivity (Wildman–Crippen MR) is 72.9 cm³/mol. The number of aliphatic carboxylic acids is 1. The molecule has 2 aromatic rings. The third-order valence-electron chi connectivity index (χ3n) is 3.02. The summed E-state index contributed by atoms with van der Waals surface area (Å²) in [5.41, 5.74) is 1.58. The fourth-order valence-corrected chi connectivity index (χ4v) is 1.93. The molecular weight excluding hydrogens is 267 g/mol. The van der Waals surface area contributed by atoms with E-state index in [1.165, 1.54) is 13.0 Å². The summed E-state index contributed by atoms with van der Waals surface area (Å²) in [7, 11) is 0. The summed E-state index contributed by atoms with van der Waals surface area (Å²) in [5.74, 6) is -2.14. The fraction of sp³-hybridized carbons (Fsp3) is 0.133. The number of carboxylic acids is 1. The van der Waals surface area contributed by atoms with E-state index in [0.717, 1.165) is 0 Å².